The van der Waals surface area contributed by atoms with Gasteiger partial charge in [0.2, 0.25) is 5.91 Å². The van der Waals surface area contributed by atoms with Gasteiger partial charge in [-0.3, -0.25) is 9.59 Å². The predicted molar refractivity (Wildman–Crippen MR) is 144 cm³/mol. The number of nitrogens with two attached hydrogens (primary N) is 1. The normalized spacial score (nSPS) is 12.9. The van der Waals surface area contributed by atoms with Gasteiger partial charge < -0.3 is 20.5 Å². The first kappa shape index (κ1) is 27.1. The van der Waals surface area contributed by atoms with E-state index >= 15 is 0 Å². The van der Waals surface area contributed by atoms with Gasteiger partial charge in [-0.2, -0.15) is 0 Å². The molecule has 192 valence electrons. The quantitative estimate of drug-likeness (QED) is 0.451. The van der Waals surface area contributed by atoms with E-state index in [4.69, 9.17) is 10.5 Å². The summed E-state index contributed by atoms with van der Waals surface area (Å²) in [6.45, 7) is 7.66. The first-order valence-corrected chi connectivity index (χ1v) is 12.6. The van der Waals surface area contributed by atoms with Crippen molar-refractivity contribution in [3.63, 3.8) is 0 Å². The molecule has 3 N–H and O–H groups in total. The van der Waals surface area contributed by atoms with Crippen molar-refractivity contribution in [1.29, 1.82) is 0 Å². The third-order valence-electron chi connectivity index (χ3n) is 5.85. The number of aliphatic hydroxyl groups is 1. The Labute approximate surface area is 213 Å². The molecule has 0 atom stereocenters. The third kappa shape index (κ3) is 7.52. The lowest BCUT2D eigenvalue weighted by atomic mass is 9.99. The Bertz CT molecular complexity index is 1120. The van der Waals surface area contributed by atoms with Crippen LogP contribution in [-0.4, -0.2) is 54.0 Å². The lowest BCUT2D eigenvalue weighted by Crippen LogP contribution is -2.35. The zero-order valence-corrected chi connectivity index (χ0v) is 21.5. The van der Waals surface area contributed by atoms with Crippen LogP contribution in [0.1, 0.15) is 51.2 Å². The summed E-state index contributed by atoms with van der Waals surface area (Å²) in [4.78, 5) is 31.6. The molecule has 1 aliphatic rings. The van der Waals surface area contributed by atoms with Crippen LogP contribution in [0.4, 0.5) is 5.69 Å². The van der Waals surface area contributed by atoms with Gasteiger partial charge in [0, 0.05) is 37.3 Å². The van der Waals surface area contributed by atoms with E-state index in [0.29, 0.717) is 49.1 Å². The molecule has 1 heterocycles. The van der Waals surface area contributed by atoms with Crippen molar-refractivity contribution in [2.75, 3.05) is 26.3 Å². The molecular formula is C29H37N3O4. The molecule has 36 heavy (non-hydrogen) atoms. The second kappa shape index (κ2) is 13.0. The highest BCUT2D eigenvalue weighted by atomic mass is 16.5. The van der Waals surface area contributed by atoms with Gasteiger partial charge in [-0.1, -0.05) is 57.2 Å². The summed E-state index contributed by atoms with van der Waals surface area (Å²) in [7, 11) is 0. The summed E-state index contributed by atoms with van der Waals surface area (Å²) in [6, 6.07) is 13.7. The number of aliphatic hydroxyl groups excluding tert-OH is 1. The molecule has 2 aromatic carbocycles. The number of ether oxygens (including phenoxy) is 1. The van der Waals surface area contributed by atoms with Crippen molar-refractivity contribution < 1.29 is 19.4 Å². The lowest BCUT2D eigenvalue weighted by Gasteiger charge is -2.23. The molecule has 0 aromatic heterocycles. The molecular weight excluding hydrogens is 454 g/mol. The number of nitrogens with zero attached hydrogens (tertiary/aromatic N) is 2. The fourth-order valence-corrected chi connectivity index (χ4v) is 4.05. The molecule has 0 radical (unpaired) electrons. The van der Waals surface area contributed by atoms with E-state index in [1.165, 1.54) is 0 Å². The Kier molecular flexibility index (Phi) is 9.82. The van der Waals surface area contributed by atoms with E-state index < -0.39 is 0 Å². The summed E-state index contributed by atoms with van der Waals surface area (Å²) in [5, 5.41) is 9.19. The van der Waals surface area contributed by atoms with Crippen LogP contribution in [0.5, 0.6) is 0 Å². The van der Waals surface area contributed by atoms with Gasteiger partial charge in [-0.15, -0.1) is 0 Å². The van der Waals surface area contributed by atoms with Crippen LogP contribution in [0.2, 0.25) is 0 Å². The molecule has 0 spiro atoms. The van der Waals surface area contributed by atoms with E-state index in [1.807, 2.05) is 69.3 Å². The van der Waals surface area contributed by atoms with Crippen LogP contribution in [0, 0.1) is 5.92 Å². The first-order valence-electron chi connectivity index (χ1n) is 12.6. The van der Waals surface area contributed by atoms with Gasteiger partial charge in [0.05, 0.1) is 18.7 Å². The average molecular weight is 492 g/mol. The van der Waals surface area contributed by atoms with E-state index in [0.717, 1.165) is 28.7 Å². The van der Waals surface area contributed by atoms with Gasteiger partial charge in [0.15, 0.2) is 0 Å². The number of rotatable bonds is 11. The summed E-state index contributed by atoms with van der Waals surface area (Å²) in [5.74, 6) is 0.409. The summed E-state index contributed by atoms with van der Waals surface area (Å²) >= 11 is 0. The number of fused-ring (bicyclic) bond motifs is 1. The Morgan fingerprint density at radius 2 is 1.83 bits per heavy atom. The van der Waals surface area contributed by atoms with Gasteiger partial charge in [0.25, 0.3) is 0 Å². The molecule has 0 unspecified atom stereocenters. The zero-order valence-electron chi connectivity index (χ0n) is 21.5. The van der Waals surface area contributed by atoms with Gasteiger partial charge in [0.1, 0.15) is 5.84 Å². The number of esters is 1. The van der Waals surface area contributed by atoms with Crippen molar-refractivity contribution in [3.8, 4) is 11.1 Å². The highest BCUT2D eigenvalue weighted by molar-refractivity contribution is 6.05. The minimum absolute atomic E-state index is 0.0466. The first-order chi connectivity index (χ1) is 17.3. The lowest BCUT2D eigenvalue weighted by molar-refractivity contribution is -0.143. The van der Waals surface area contributed by atoms with Crippen LogP contribution >= 0.6 is 0 Å². The maximum absolute atomic E-state index is 13.2. The number of amidine groups is 1. The van der Waals surface area contributed by atoms with Crippen LogP contribution < -0.4 is 5.73 Å². The highest BCUT2D eigenvalue weighted by Crippen LogP contribution is 2.32. The topological polar surface area (TPSA) is 105 Å². The molecule has 0 saturated heterocycles. The monoisotopic (exact) mass is 491 g/mol. The summed E-state index contributed by atoms with van der Waals surface area (Å²) in [6.07, 6.45) is 3.78. The number of carbonyl (C=O) groups excluding carboxylic acids is 2. The largest absolute Gasteiger partial charge is 0.465 e. The number of aliphatic imine (C=N–C) groups is 1. The molecule has 7 nitrogen and oxygen atoms in total. The zero-order chi connectivity index (χ0) is 26.1. The standard InChI is InChI=1S/C29H37N3O4/c1-4-12-32(13-5-14-33)29(35)25-16-24-11-10-23(17-26(24)31-27(30)18-25)22-8-6-21(7-9-22)15-28(34)36-19-20(2)3/h6-11,16-17,20,33H,4-5,12-15,18-19H2,1-3H3,(H2,30,31). The van der Waals surface area contributed by atoms with Crippen molar-refractivity contribution in [3.05, 3.63) is 59.2 Å². The average Bonchev–Trinajstić information content (AvgIpc) is 3.02. The van der Waals surface area contributed by atoms with Crippen LogP contribution in [0.15, 0.2) is 53.0 Å². The predicted octanol–water partition coefficient (Wildman–Crippen LogP) is 4.49. The van der Waals surface area contributed by atoms with E-state index in [-0.39, 0.29) is 31.3 Å². The Balaban J connectivity index is 1.79. The van der Waals surface area contributed by atoms with Gasteiger partial charge >= 0.3 is 5.97 Å². The van der Waals surface area contributed by atoms with E-state index in [9.17, 15) is 14.7 Å². The van der Waals surface area contributed by atoms with Crippen molar-refractivity contribution in [1.82, 2.24) is 4.90 Å². The SMILES string of the molecule is CCCN(CCCO)C(=O)C1=Cc2ccc(-c3ccc(CC(=O)OCC(C)C)cc3)cc2N=C(N)C1. The molecule has 0 bridgehead atoms. The molecule has 1 aliphatic heterocycles. The van der Waals surface area contributed by atoms with Crippen LogP contribution in [0.25, 0.3) is 17.2 Å². The van der Waals surface area contributed by atoms with Crippen LogP contribution in [-0.2, 0) is 20.7 Å². The number of hydrogen-bond donors (Lipinski definition) is 2. The Morgan fingerprint density at radius 1 is 1.11 bits per heavy atom. The number of amides is 1. The van der Waals surface area contributed by atoms with Crippen molar-refractivity contribution in [2.24, 2.45) is 16.6 Å². The fourth-order valence-electron chi connectivity index (χ4n) is 4.05. The summed E-state index contributed by atoms with van der Waals surface area (Å²) < 4.78 is 5.27. The number of hydrogen-bond acceptors (Lipinski definition) is 6. The van der Waals surface area contributed by atoms with Crippen molar-refractivity contribution in [2.45, 2.75) is 46.5 Å². The molecule has 0 fully saturated rings. The van der Waals surface area contributed by atoms with Crippen molar-refractivity contribution >= 4 is 29.5 Å². The number of carbonyl (C=O) groups is 2. The van der Waals surface area contributed by atoms with Crippen LogP contribution in [0.3, 0.4) is 0 Å². The van der Waals surface area contributed by atoms with Gasteiger partial charge in [-0.25, -0.2) is 4.99 Å². The third-order valence-corrected chi connectivity index (χ3v) is 5.85. The van der Waals surface area contributed by atoms with E-state index in [2.05, 4.69) is 4.99 Å². The Morgan fingerprint density at radius 3 is 2.50 bits per heavy atom. The maximum Gasteiger partial charge on any atom is 0.310 e. The smallest absolute Gasteiger partial charge is 0.310 e. The minimum Gasteiger partial charge on any atom is -0.465 e. The second-order valence-corrected chi connectivity index (χ2v) is 9.54. The summed E-state index contributed by atoms with van der Waals surface area (Å²) in [5.41, 5.74) is 11.2. The second-order valence-electron chi connectivity index (χ2n) is 9.54. The van der Waals surface area contributed by atoms with Gasteiger partial charge in [-0.05, 0) is 47.6 Å². The molecule has 0 aliphatic carbocycles. The molecule has 3 rings (SSSR count). The Hall–Kier alpha value is -3.45. The number of benzene rings is 2. The molecule has 0 saturated carbocycles. The molecule has 7 heteroatoms. The maximum atomic E-state index is 13.2. The van der Waals surface area contributed by atoms with E-state index in [1.54, 1.807) is 4.90 Å². The highest BCUT2D eigenvalue weighted by Gasteiger charge is 2.21. The minimum atomic E-state index is -0.225. The fraction of sp³-hybridized carbons (Fsp3) is 0.414. The molecule has 1 amide bonds. The molecule has 2 aromatic rings.